The number of carbonyl (C=O) groups is 1. The van der Waals surface area contributed by atoms with Crippen LogP contribution in [0.3, 0.4) is 0 Å². The molecule has 0 saturated heterocycles. The number of hydrogen-bond donors (Lipinski definition) is 0. The van der Waals surface area contributed by atoms with Gasteiger partial charge >= 0.3 is 5.97 Å². The van der Waals surface area contributed by atoms with Crippen LogP contribution >= 0.6 is 0 Å². The van der Waals surface area contributed by atoms with Crippen molar-refractivity contribution in [3.05, 3.63) is 71.3 Å². The van der Waals surface area contributed by atoms with Gasteiger partial charge in [0.1, 0.15) is 0 Å². The van der Waals surface area contributed by atoms with Crippen molar-refractivity contribution in [1.82, 2.24) is 0 Å². The standard InChI is InChI=1S/C20H16O2/c1-2-22-20(21)10-6-3-7-15-11-12-19-17(13-15)14-16-8-4-5-9-18(16)19/h4-6,8-13H,2,14H2,1H3/b10-6-. The maximum absolute atomic E-state index is 11.2. The quantitative estimate of drug-likeness (QED) is 0.408. The molecule has 0 spiro atoms. The molecule has 22 heavy (non-hydrogen) atoms. The summed E-state index contributed by atoms with van der Waals surface area (Å²) in [4.78, 5) is 11.2. The first-order valence-corrected chi connectivity index (χ1v) is 7.34. The summed E-state index contributed by atoms with van der Waals surface area (Å²) >= 11 is 0. The SMILES string of the molecule is CCOC(=O)/C=C\C#Cc1ccc2c(c1)Cc1ccccc1-2. The van der Waals surface area contributed by atoms with Crippen molar-refractivity contribution in [2.45, 2.75) is 13.3 Å². The second-order valence-corrected chi connectivity index (χ2v) is 5.06. The summed E-state index contributed by atoms with van der Waals surface area (Å²) in [5.74, 6) is 5.57. The molecule has 0 heterocycles. The molecule has 0 N–H and O–H groups in total. The van der Waals surface area contributed by atoms with Gasteiger partial charge in [0.2, 0.25) is 0 Å². The Hall–Kier alpha value is -2.79. The normalized spacial score (nSPS) is 11.5. The summed E-state index contributed by atoms with van der Waals surface area (Å²) in [7, 11) is 0. The van der Waals surface area contributed by atoms with Crippen LogP contribution in [-0.2, 0) is 16.0 Å². The van der Waals surface area contributed by atoms with Crippen molar-refractivity contribution >= 4 is 5.97 Å². The minimum Gasteiger partial charge on any atom is -0.463 e. The number of hydrogen-bond acceptors (Lipinski definition) is 2. The Balaban J connectivity index is 1.77. The second kappa shape index (κ2) is 6.32. The van der Waals surface area contributed by atoms with Crippen LogP contribution in [0.2, 0.25) is 0 Å². The van der Waals surface area contributed by atoms with E-state index in [4.69, 9.17) is 4.74 Å². The van der Waals surface area contributed by atoms with Gasteiger partial charge in [0.25, 0.3) is 0 Å². The Kier molecular flexibility index (Phi) is 4.07. The predicted octanol–water partition coefficient (Wildman–Crippen LogP) is 3.73. The van der Waals surface area contributed by atoms with Gasteiger partial charge in [0.05, 0.1) is 6.61 Å². The van der Waals surface area contributed by atoms with E-state index in [0.717, 1.165) is 12.0 Å². The van der Waals surface area contributed by atoms with Gasteiger partial charge in [-0.3, -0.25) is 0 Å². The van der Waals surface area contributed by atoms with Crippen molar-refractivity contribution in [2.24, 2.45) is 0 Å². The lowest BCUT2D eigenvalue weighted by atomic mass is 10.0. The Morgan fingerprint density at radius 1 is 1.18 bits per heavy atom. The zero-order valence-electron chi connectivity index (χ0n) is 12.4. The van der Waals surface area contributed by atoms with Gasteiger partial charge in [0, 0.05) is 11.6 Å². The third kappa shape index (κ3) is 2.94. The fourth-order valence-corrected chi connectivity index (χ4v) is 2.65. The average Bonchev–Trinajstić information content (AvgIpc) is 2.89. The van der Waals surface area contributed by atoms with E-state index >= 15 is 0 Å². The average molecular weight is 288 g/mol. The predicted molar refractivity (Wildman–Crippen MR) is 87.3 cm³/mol. The van der Waals surface area contributed by atoms with Crippen LogP contribution in [0.1, 0.15) is 23.6 Å². The topological polar surface area (TPSA) is 26.3 Å². The third-order valence-corrected chi connectivity index (χ3v) is 3.60. The van der Waals surface area contributed by atoms with Crippen LogP contribution in [-0.4, -0.2) is 12.6 Å². The highest BCUT2D eigenvalue weighted by atomic mass is 16.5. The summed E-state index contributed by atoms with van der Waals surface area (Å²) in [6.07, 6.45) is 3.83. The molecule has 0 bridgehead atoms. The van der Waals surface area contributed by atoms with E-state index in [1.165, 1.54) is 34.4 Å². The molecule has 0 saturated carbocycles. The molecule has 0 unspecified atom stereocenters. The van der Waals surface area contributed by atoms with E-state index in [1.54, 1.807) is 6.92 Å². The fourth-order valence-electron chi connectivity index (χ4n) is 2.65. The highest BCUT2D eigenvalue weighted by molar-refractivity contribution is 5.82. The van der Waals surface area contributed by atoms with E-state index in [2.05, 4.69) is 48.2 Å². The lowest BCUT2D eigenvalue weighted by Gasteiger charge is -2.00. The molecular formula is C20H16O2. The molecule has 0 fully saturated rings. The number of esters is 1. The first kappa shape index (κ1) is 14.2. The smallest absolute Gasteiger partial charge is 0.331 e. The first-order chi connectivity index (χ1) is 10.8. The summed E-state index contributed by atoms with van der Waals surface area (Å²) in [5.41, 5.74) is 6.25. The van der Waals surface area contributed by atoms with Crippen LogP contribution in [0.4, 0.5) is 0 Å². The molecular weight excluding hydrogens is 272 g/mol. The summed E-state index contributed by atoms with van der Waals surface area (Å²) in [6.45, 7) is 2.15. The molecule has 0 atom stereocenters. The maximum Gasteiger partial charge on any atom is 0.331 e. The molecule has 2 nitrogen and oxygen atoms in total. The molecule has 1 aliphatic rings. The molecule has 0 aliphatic heterocycles. The van der Waals surface area contributed by atoms with Gasteiger partial charge in [0.15, 0.2) is 0 Å². The van der Waals surface area contributed by atoms with Gasteiger partial charge in [-0.05, 0) is 53.8 Å². The summed E-state index contributed by atoms with van der Waals surface area (Å²) in [6, 6.07) is 14.7. The van der Waals surface area contributed by atoms with Crippen molar-refractivity contribution in [1.29, 1.82) is 0 Å². The monoisotopic (exact) mass is 288 g/mol. The molecule has 2 heteroatoms. The molecule has 3 rings (SSSR count). The van der Waals surface area contributed by atoms with Crippen LogP contribution < -0.4 is 0 Å². The third-order valence-electron chi connectivity index (χ3n) is 3.60. The minimum absolute atomic E-state index is 0.360. The van der Waals surface area contributed by atoms with Gasteiger partial charge in [-0.25, -0.2) is 4.79 Å². The summed E-state index contributed by atoms with van der Waals surface area (Å²) in [5, 5.41) is 0. The van der Waals surface area contributed by atoms with Crippen LogP contribution in [0.15, 0.2) is 54.6 Å². The number of rotatable bonds is 2. The van der Waals surface area contributed by atoms with Gasteiger partial charge < -0.3 is 4.74 Å². The highest BCUT2D eigenvalue weighted by Crippen LogP contribution is 2.36. The van der Waals surface area contributed by atoms with Gasteiger partial charge in [-0.1, -0.05) is 42.2 Å². The van der Waals surface area contributed by atoms with Crippen molar-refractivity contribution in [2.75, 3.05) is 6.61 Å². The molecule has 0 radical (unpaired) electrons. The van der Waals surface area contributed by atoms with Crippen molar-refractivity contribution in [3.63, 3.8) is 0 Å². The molecule has 108 valence electrons. The molecule has 0 aromatic heterocycles. The number of fused-ring (bicyclic) bond motifs is 3. The zero-order valence-corrected chi connectivity index (χ0v) is 12.4. The number of allylic oxidation sites excluding steroid dienone is 1. The maximum atomic E-state index is 11.2. The fraction of sp³-hybridized carbons (Fsp3) is 0.150. The number of benzene rings is 2. The molecule has 2 aromatic carbocycles. The van der Waals surface area contributed by atoms with E-state index in [0.29, 0.717) is 6.61 Å². The minimum atomic E-state index is -0.360. The molecule has 1 aliphatic carbocycles. The molecule has 0 amide bonds. The molecule has 2 aromatic rings. The summed E-state index contributed by atoms with van der Waals surface area (Å²) < 4.78 is 4.80. The lowest BCUT2D eigenvalue weighted by Crippen LogP contribution is -1.98. The Bertz CT molecular complexity index is 804. The Morgan fingerprint density at radius 3 is 2.86 bits per heavy atom. The Morgan fingerprint density at radius 2 is 2.00 bits per heavy atom. The van der Waals surface area contributed by atoms with E-state index in [1.807, 2.05) is 6.07 Å². The largest absolute Gasteiger partial charge is 0.463 e. The zero-order chi connectivity index (χ0) is 15.4. The first-order valence-electron chi connectivity index (χ1n) is 7.34. The van der Waals surface area contributed by atoms with E-state index in [9.17, 15) is 4.79 Å². The van der Waals surface area contributed by atoms with E-state index in [-0.39, 0.29) is 5.97 Å². The second-order valence-electron chi connectivity index (χ2n) is 5.06. The van der Waals surface area contributed by atoms with Crippen molar-refractivity contribution < 1.29 is 9.53 Å². The lowest BCUT2D eigenvalue weighted by molar-refractivity contribution is -0.137. The highest BCUT2D eigenvalue weighted by Gasteiger charge is 2.17. The van der Waals surface area contributed by atoms with Crippen LogP contribution in [0, 0.1) is 11.8 Å². The number of carbonyl (C=O) groups excluding carboxylic acids is 1. The van der Waals surface area contributed by atoms with Crippen molar-refractivity contribution in [3.8, 4) is 23.0 Å². The van der Waals surface area contributed by atoms with Crippen LogP contribution in [0.25, 0.3) is 11.1 Å². The van der Waals surface area contributed by atoms with Gasteiger partial charge in [-0.15, -0.1) is 0 Å². The number of ether oxygens (including phenoxy) is 1. The van der Waals surface area contributed by atoms with Crippen LogP contribution in [0.5, 0.6) is 0 Å². The van der Waals surface area contributed by atoms with E-state index < -0.39 is 0 Å². The Labute approximate surface area is 130 Å². The van der Waals surface area contributed by atoms with Gasteiger partial charge in [-0.2, -0.15) is 0 Å².